The maximum atomic E-state index is 12.5. The van der Waals surface area contributed by atoms with Crippen LogP contribution in [0.1, 0.15) is 30.6 Å². The molecule has 0 bridgehead atoms. The maximum Gasteiger partial charge on any atom is 0.254 e. The van der Waals surface area contributed by atoms with E-state index in [2.05, 4.69) is 18.8 Å². The van der Waals surface area contributed by atoms with E-state index in [9.17, 15) is 4.79 Å². The van der Waals surface area contributed by atoms with Crippen molar-refractivity contribution in [3.05, 3.63) is 23.8 Å². The molecule has 2 N–H and O–H groups in total. The summed E-state index contributed by atoms with van der Waals surface area (Å²) in [6, 6.07) is 5.95. The van der Waals surface area contributed by atoms with E-state index in [0.29, 0.717) is 17.1 Å². The quantitative estimate of drug-likeness (QED) is 0.870. The number of thiazole rings is 1. The minimum atomic E-state index is 0.116. The van der Waals surface area contributed by atoms with Crippen LogP contribution in [-0.2, 0) is 0 Å². The lowest BCUT2D eigenvalue weighted by molar-refractivity contribution is 0.0744. The number of nitrogen functional groups attached to an aromatic ring is 1. The van der Waals surface area contributed by atoms with Crippen molar-refractivity contribution in [1.29, 1.82) is 0 Å². The fourth-order valence-corrected chi connectivity index (χ4v) is 3.60. The lowest BCUT2D eigenvalue weighted by atomic mass is 10.1. The van der Waals surface area contributed by atoms with Crippen LogP contribution in [0.25, 0.3) is 10.2 Å². The fourth-order valence-electron chi connectivity index (χ4n) is 2.82. The number of carbonyl (C=O) groups is 1. The molecular weight excluding hydrogens is 258 g/mol. The van der Waals surface area contributed by atoms with Crippen molar-refractivity contribution in [3.8, 4) is 0 Å². The predicted molar refractivity (Wildman–Crippen MR) is 78.3 cm³/mol. The number of carbonyl (C=O) groups excluding carboxylic acids is 1. The van der Waals surface area contributed by atoms with Gasteiger partial charge in [0.1, 0.15) is 0 Å². The topological polar surface area (TPSA) is 59.2 Å². The van der Waals surface area contributed by atoms with Crippen LogP contribution in [0.3, 0.4) is 0 Å². The molecule has 3 rings (SSSR count). The smallest absolute Gasteiger partial charge is 0.254 e. The van der Waals surface area contributed by atoms with Gasteiger partial charge in [0.25, 0.3) is 5.91 Å². The van der Waals surface area contributed by atoms with Crippen LogP contribution in [0, 0.1) is 5.92 Å². The van der Waals surface area contributed by atoms with Gasteiger partial charge in [-0.05, 0) is 37.5 Å². The Kier molecular flexibility index (Phi) is 2.93. The van der Waals surface area contributed by atoms with E-state index in [0.717, 1.165) is 28.7 Å². The van der Waals surface area contributed by atoms with E-state index in [4.69, 9.17) is 5.73 Å². The van der Waals surface area contributed by atoms with Crippen molar-refractivity contribution in [3.63, 3.8) is 0 Å². The number of hydrogen-bond acceptors (Lipinski definition) is 4. The molecule has 2 aromatic rings. The van der Waals surface area contributed by atoms with Crippen LogP contribution in [0.15, 0.2) is 18.2 Å². The van der Waals surface area contributed by atoms with Crippen LogP contribution in [0.2, 0.25) is 0 Å². The second-order valence-corrected chi connectivity index (χ2v) is 6.44. The number of aromatic nitrogens is 1. The monoisotopic (exact) mass is 275 g/mol. The van der Waals surface area contributed by atoms with Crippen molar-refractivity contribution in [2.24, 2.45) is 5.92 Å². The zero-order valence-electron chi connectivity index (χ0n) is 11.1. The molecular formula is C14H17N3OS. The third-order valence-electron chi connectivity index (χ3n) is 3.70. The van der Waals surface area contributed by atoms with E-state index in [-0.39, 0.29) is 5.91 Å². The van der Waals surface area contributed by atoms with Crippen LogP contribution in [0.5, 0.6) is 0 Å². The Morgan fingerprint density at radius 3 is 2.95 bits per heavy atom. The summed E-state index contributed by atoms with van der Waals surface area (Å²) >= 11 is 1.42. The van der Waals surface area contributed by atoms with Crippen molar-refractivity contribution in [2.75, 3.05) is 12.3 Å². The molecule has 1 amide bonds. The van der Waals surface area contributed by atoms with Gasteiger partial charge in [-0.25, -0.2) is 4.98 Å². The minimum Gasteiger partial charge on any atom is -0.375 e. The Morgan fingerprint density at radius 2 is 2.26 bits per heavy atom. The number of nitrogens with two attached hydrogens (primary N) is 1. The summed E-state index contributed by atoms with van der Waals surface area (Å²) in [7, 11) is 0. The number of hydrogen-bond donors (Lipinski definition) is 1. The molecule has 0 aliphatic carbocycles. The van der Waals surface area contributed by atoms with Gasteiger partial charge in [0.05, 0.1) is 10.2 Å². The molecule has 2 heterocycles. The molecule has 2 unspecified atom stereocenters. The van der Waals surface area contributed by atoms with Gasteiger partial charge < -0.3 is 10.6 Å². The molecule has 1 fully saturated rings. The predicted octanol–water partition coefficient (Wildman–Crippen LogP) is 2.75. The van der Waals surface area contributed by atoms with E-state index in [1.165, 1.54) is 11.3 Å². The Bertz CT molecular complexity index is 637. The molecule has 0 saturated carbocycles. The molecule has 0 spiro atoms. The summed E-state index contributed by atoms with van der Waals surface area (Å²) in [6.07, 6.45) is 1.08. The SMILES string of the molecule is CC1CC(C)N(C(=O)c2ccc3nc(N)sc3c2)C1. The standard InChI is InChI=1S/C14H17N3OS/c1-8-5-9(2)17(7-8)13(18)10-3-4-11-12(6-10)19-14(15)16-11/h3-4,6,8-9H,5,7H2,1-2H3,(H2,15,16). The number of benzene rings is 1. The molecule has 19 heavy (non-hydrogen) atoms. The van der Waals surface area contributed by atoms with E-state index in [1.54, 1.807) is 0 Å². The lowest BCUT2D eigenvalue weighted by Gasteiger charge is -2.21. The molecule has 1 aliphatic rings. The molecule has 4 nitrogen and oxygen atoms in total. The summed E-state index contributed by atoms with van der Waals surface area (Å²) in [5.41, 5.74) is 7.29. The van der Waals surface area contributed by atoms with Gasteiger partial charge in [0.2, 0.25) is 0 Å². The summed E-state index contributed by atoms with van der Waals surface area (Å²) in [5.74, 6) is 0.701. The Hall–Kier alpha value is -1.62. The van der Waals surface area contributed by atoms with Gasteiger partial charge in [0, 0.05) is 18.2 Å². The number of likely N-dealkylation sites (tertiary alicyclic amines) is 1. The largest absolute Gasteiger partial charge is 0.375 e. The molecule has 1 saturated heterocycles. The molecule has 2 atom stereocenters. The average Bonchev–Trinajstić information content (AvgIpc) is 2.88. The highest BCUT2D eigenvalue weighted by atomic mass is 32.1. The first-order valence-corrected chi connectivity index (χ1v) is 7.33. The van der Waals surface area contributed by atoms with Crippen LogP contribution < -0.4 is 5.73 Å². The molecule has 5 heteroatoms. The fraction of sp³-hybridized carbons (Fsp3) is 0.429. The Balaban J connectivity index is 1.93. The zero-order chi connectivity index (χ0) is 13.6. The number of amides is 1. The zero-order valence-corrected chi connectivity index (χ0v) is 11.9. The number of anilines is 1. The number of nitrogens with zero attached hydrogens (tertiary/aromatic N) is 2. The molecule has 100 valence electrons. The van der Waals surface area contributed by atoms with Gasteiger partial charge in [-0.15, -0.1) is 0 Å². The van der Waals surface area contributed by atoms with Crippen LogP contribution in [0.4, 0.5) is 5.13 Å². The third kappa shape index (κ3) is 2.18. The summed E-state index contributed by atoms with van der Waals surface area (Å²) < 4.78 is 0.975. The van der Waals surface area contributed by atoms with Crippen molar-refractivity contribution < 1.29 is 4.79 Å². The second-order valence-electron chi connectivity index (χ2n) is 5.38. The first-order chi connectivity index (χ1) is 9.04. The van der Waals surface area contributed by atoms with E-state index < -0.39 is 0 Å². The van der Waals surface area contributed by atoms with E-state index in [1.807, 2.05) is 23.1 Å². The molecule has 1 aromatic heterocycles. The first kappa shape index (κ1) is 12.4. The highest BCUT2D eigenvalue weighted by Gasteiger charge is 2.30. The average molecular weight is 275 g/mol. The molecule has 0 radical (unpaired) electrons. The normalized spacial score (nSPS) is 23.2. The third-order valence-corrected chi connectivity index (χ3v) is 4.54. The van der Waals surface area contributed by atoms with Crippen LogP contribution in [-0.4, -0.2) is 28.4 Å². The summed E-state index contributed by atoms with van der Waals surface area (Å²) in [4.78, 5) is 18.7. The lowest BCUT2D eigenvalue weighted by Crippen LogP contribution is -2.33. The van der Waals surface area contributed by atoms with Crippen LogP contribution >= 0.6 is 11.3 Å². The Labute approximate surface area is 116 Å². The number of rotatable bonds is 1. The van der Waals surface area contributed by atoms with Gasteiger partial charge in [-0.2, -0.15) is 0 Å². The van der Waals surface area contributed by atoms with Gasteiger partial charge >= 0.3 is 0 Å². The molecule has 1 aliphatic heterocycles. The first-order valence-electron chi connectivity index (χ1n) is 6.51. The summed E-state index contributed by atoms with van der Waals surface area (Å²) in [6.45, 7) is 5.16. The summed E-state index contributed by atoms with van der Waals surface area (Å²) in [5, 5.41) is 0.544. The Morgan fingerprint density at radius 1 is 1.47 bits per heavy atom. The van der Waals surface area contributed by atoms with Gasteiger partial charge in [0.15, 0.2) is 5.13 Å². The molecule has 1 aromatic carbocycles. The van der Waals surface area contributed by atoms with Crippen molar-refractivity contribution in [2.45, 2.75) is 26.3 Å². The van der Waals surface area contributed by atoms with Crippen molar-refractivity contribution >= 4 is 32.6 Å². The van der Waals surface area contributed by atoms with Gasteiger partial charge in [-0.1, -0.05) is 18.3 Å². The minimum absolute atomic E-state index is 0.116. The highest BCUT2D eigenvalue weighted by molar-refractivity contribution is 7.22. The van der Waals surface area contributed by atoms with Gasteiger partial charge in [-0.3, -0.25) is 4.79 Å². The van der Waals surface area contributed by atoms with Crippen molar-refractivity contribution in [1.82, 2.24) is 9.88 Å². The highest BCUT2D eigenvalue weighted by Crippen LogP contribution is 2.28. The number of fused-ring (bicyclic) bond motifs is 1. The maximum absolute atomic E-state index is 12.5. The second kappa shape index (κ2) is 4.49. The van der Waals surface area contributed by atoms with E-state index >= 15 is 0 Å².